The predicted octanol–water partition coefficient (Wildman–Crippen LogP) is 3.81. The number of aromatic nitrogens is 1. The van der Waals surface area contributed by atoms with Crippen molar-refractivity contribution in [2.45, 2.75) is 12.6 Å². The molecule has 1 heterocycles. The molecule has 0 aliphatic heterocycles. The molecular weight excluding hydrogens is 301 g/mol. The van der Waals surface area contributed by atoms with E-state index in [1.54, 1.807) is 0 Å². The Morgan fingerprint density at radius 2 is 1.94 bits per heavy atom. The summed E-state index contributed by atoms with van der Waals surface area (Å²) in [7, 11) is 0.973. The Morgan fingerprint density at radius 3 is 2.31 bits per heavy atom. The summed E-state index contributed by atoms with van der Waals surface area (Å²) in [5.74, 6) is -0.739. The summed E-state index contributed by atoms with van der Waals surface area (Å²) in [5.41, 5.74) is -2.71. The largest absolute Gasteiger partial charge is 0.481 e. The second-order valence-corrected chi connectivity index (χ2v) is 3.53. The molecule has 0 atom stereocenters. The number of hydrogen-bond acceptors (Lipinski definition) is 2. The molecule has 0 aliphatic carbocycles. The third-order valence-corrected chi connectivity index (χ3v) is 2.12. The van der Waals surface area contributed by atoms with Crippen LogP contribution in [0, 0.1) is 0 Å². The summed E-state index contributed by atoms with van der Waals surface area (Å²) in [6.45, 7) is 0. The van der Waals surface area contributed by atoms with Gasteiger partial charge in [0, 0.05) is 0 Å². The Labute approximate surface area is 95.6 Å². The Hall–Kier alpha value is -0.920. The van der Waals surface area contributed by atoms with Crippen molar-refractivity contribution in [3.63, 3.8) is 0 Å². The van der Waals surface area contributed by atoms with Gasteiger partial charge in [0.25, 0.3) is 6.43 Å². The highest BCUT2D eigenvalue weighted by Gasteiger charge is 2.38. The monoisotopic (exact) mass is 305 g/mol. The number of halogens is 6. The zero-order valence-corrected chi connectivity index (χ0v) is 9.36. The highest BCUT2D eigenvalue weighted by molar-refractivity contribution is 9.10. The smallest absolute Gasteiger partial charge is 0.417 e. The van der Waals surface area contributed by atoms with Crippen LogP contribution in [0.2, 0.25) is 0 Å². The molecule has 0 fully saturated rings. The van der Waals surface area contributed by atoms with E-state index in [0.29, 0.717) is 6.07 Å². The van der Waals surface area contributed by atoms with Gasteiger partial charge >= 0.3 is 6.18 Å². The molecule has 2 nitrogen and oxygen atoms in total. The van der Waals surface area contributed by atoms with Gasteiger partial charge in [-0.15, -0.1) is 0 Å². The van der Waals surface area contributed by atoms with Crippen molar-refractivity contribution in [1.82, 2.24) is 4.98 Å². The molecule has 0 spiro atoms. The quantitative estimate of drug-likeness (QED) is 0.612. The fourth-order valence-electron chi connectivity index (χ4n) is 1.10. The lowest BCUT2D eigenvalue weighted by atomic mass is 10.1. The first kappa shape index (κ1) is 13.1. The summed E-state index contributed by atoms with van der Waals surface area (Å²) >= 11 is 2.69. The van der Waals surface area contributed by atoms with E-state index < -0.39 is 29.6 Å². The van der Waals surface area contributed by atoms with Crippen molar-refractivity contribution >= 4 is 15.9 Å². The van der Waals surface area contributed by atoms with Crippen LogP contribution in [-0.4, -0.2) is 12.1 Å². The fourth-order valence-corrected chi connectivity index (χ4v) is 1.49. The van der Waals surface area contributed by atoms with Gasteiger partial charge in [0.2, 0.25) is 5.88 Å². The highest BCUT2D eigenvalue weighted by Crippen LogP contribution is 2.41. The van der Waals surface area contributed by atoms with E-state index in [-0.39, 0.29) is 4.60 Å². The molecule has 90 valence electrons. The molecule has 16 heavy (non-hydrogen) atoms. The summed E-state index contributed by atoms with van der Waals surface area (Å²) in [4.78, 5) is 3.40. The zero-order valence-electron chi connectivity index (χ0n) is 7.78. The fraction of sp³-hybridized carbons (Fsp3) is 0.375. The molecule has 0 amide bonds. The number of ether oxygens (including phenoxy) is 1. The minimum atomic E-state index is -4.88. The van der Waals surface area contributed by atoms with Crippen molar-refractivity contribution in [3.05, 3.63) is 21.8 Å². The van der Waals surface area contributed by atoms with Gasteiger partial charge in [-0.3, -0.25) is 0 Å². The van der Waals surface area contributed by atoms with Crippen molar-refractivity contribution in [2.24, 2.45) is 0 Å². The highest BCUT2D eigenvalue weighted by atomic mass is 79.9. The first-order chi connectivity index (χ1) is 7.27. The van der Waals surface area contributed by atoms with E-state index in [1.165, 1.54) is 0 Å². The molecule has 1 rings (SSSR count). The van der Waals surface area contributed by atoms with Gasteiger partial charge in [-0.05, 0) is 22.0 Å². The third-order valence-electron chi connectivity index (χ3n) is 1.71. The molecule has 0 radical (unpaired) electrons. The lowest BCUT2D eigenvalue weighted by molar-refractivity contribution is -0.139. The Morgan fingerprint density at radius 1 is 1.38 bits per heavy atom. The standard InChI is InChI=1S/C8H5BrF5NO/c1-16-7-5(6(10)11)3(8(12,13)14)2-4(9)15-7/h2,6H,1H3. The molecule has 8 heteroatoms. The van der Waals surface area contributed by atoms with Gasteiger partial charge in [-0.2, -0.15) is 13.2 Å². The minimum absolute atomic E-state index is 0.221. The number of nitrogens with zero attached hydrogens (tertiary/aromatic N) is 1. The van der Waals surface area contributed by atoms with Gasteiger partial charge in [-0.25, -0.2) is 13.8 Å². The van der Waals surface area contributed by atoms with Crippen LogP contribution >= 0.6 is 15.9 Å². The lowest BCUT2D eigenvalue weighted by Gasteiger charge is -2.15. The second kappa shape index (κ2) is 4.52. The van der Waals surface area contributed by atoms with Crippen LogP contribution in [-0.2, 0) is 6.18 Å². The average Bonchev–Trinajstić information content (AvgIpc) is 2.14. The normalized spacial score (nSPS) is 12.0. The molecule has 0 N–H and O–H groups in total. The number of rotatable bonds is 2. The maximum Gasteiger partial charge on any atom is 0.417 e. The Bertz CT molecular complexity index is 393. The van der Waals surface area contributed by atoms with Crippen LogP contribution in [0.3, 0.4) is 0 Å². The van der Waals surface area contributed by atoms with Crippen molar-refractivity contribution in [3.8, 4) is 5.88 Å². The molecular formula is C8H5BrF5NO. The van der Waals surface area contributed by atoms with Crippen molar-refractivity contribution < 1.29 is 26.7 Å². The van der Waals surface area contributed by atoms with E-state index in [4.69, 9.17) is 0 Å². The van der Waals surface area contributed by atoms with E-state index in [0.717, 1.165) is 7.11 Å². The molecule has 0 unspecified atom stereocenters. The zero-order chi connectivity index (χ0) is 12.5. The third kappa shape index (κ3) is 2.60. The minimum Gasteiger partial charge on any atom is -0.481 e. The second-order valence-electron chi connectivity index (χ2n) is 2.71. The van der Waals surface area contributed by atoms with E-state index in [1.807, 2.05) is 0 Å². The van der Waals surface area contributed by atoms with E-state index in [9.17, 15) is 22.0 Å². The maximum atomic E-state index is 12.5. The molecule has 1 aromatic rings. The van der Waals surface area contributed by atoms with Crippen molar-refractivity contribution in [1.29, 1.82) is 0 Å². The summed E-state index contributed by atoms with van der Waals surface area (Å²) < 4.78 is 66.6. The van der Waals surface area contributed by atoms with Gasteiger partial charge in [0.05, 0.1) is 18.2 Å². The van der Waals surface area contributed by atoms with Gasteiger partial charge in [-0.1, -0.05) is 0 Å². The summed E-state index contributed by atoms with van der Waals surface area (Å²) in [5, 5.41) is 0. The number of methoxy groups -OCH3 is 1. The molecule has 0 saturated heterocycles. The number of alkyl halides is 5. The van der Waals surface area contributed by atoms with E-state index in [2.05, 4.69) is 25.7 Å². The van der Waals surface area contributed by atoms with Gasteiger partial charge < -0.3 is 4.74 Å². The molecule has 0 bridgehead atoms. The Balaban J connectivity index is 3.51. The summed E-state index contributed by atoms with van der Waals surface area (Å²) in [6, 6.07) is 0.490. The number of hydrogen-bond donors (Lipinski definition) is 0. The van der Waals surface area contributed by atoms with Crippen molar-refractivity contribution in [2.75, 3.05) is 7.11 Å². The van der Waals surface area contributed by atoms with Crippen LogP contribution in [0.1, 0.15) is 17.6 Å². The van der Waals surface area contributed by atoms with Gasteiger partial charge in [0.15, 0.2) is 0 Å². The Kier molecular flexibility index (Phi) is 3.72. The summed E-state index contributed by atoms with van der Waals surface area (Å²) in [6.07, 6.45) is -8.20. The van der Waals surface area contributed by atoms with E-state index >= 15 is 0 Å². The van der Waals surface area contributed by atoms with Crippen LogP contribution in [0.15, 0.2) is 10.7 Å². The predicted molar refractivity (Wildman–Crippen MR) is 48.4 cm³/mol. The maximum absolute atomic E-state index is 12.5. The molecule has 0 saturated carbocycles. The van der Waals surface area contributed by atoms with Crippen LogP contribution in [0.25, 0.3) is 0 Å². The topological polar surface area (TPSA) is 22.1 Å². The molecule has 0 aromatic carbocycles. The van der Waals surface area contributed by atoms with Crippen LogP contribution in [0.5, 0.6) is 5.88 Å². The SMILES string of the molecule is COc1nc(Br)cc(C(F)(F)F)c1C(F)F. The average molecular weight is 306 g/mol. The first-order valence-corrected chi connectivity index (χ1v) is 4.66. The van der Waals surface area contributed by atoms with Gasteiger partial charge in [0.1, 0.15) is 4.60 Å². The molecule has 0 aliphatic rings. The lowest BCUT2D eigenvalue weighted by Crippen LogP contribution is -2.12. The molecule has 1 aromatic heterocycles. The van der Waals surface area contributed by atoms with Crippen LogP contribution in [0.4, 0.5) is 22.0 Å². The van der Waals surface area contributed by atoms with Crippen LogP contribution < -0.4 is 4.74 Å². The first-order valence-electron chi connectivity index (χ1n) is 3.87. The number of pyridine rings is 1.